The van der Waals surface area contributed by atoms with Gasteiger partial charge in [-0.25, -0.2) is 0 Å². The van der Waals surface area contributed by atoms with Gasteiger partial charge < -0.3 is 0 Å². The van der Waals surface area contributed by atoms with Crippen LogP contribution in [0, 0.1) is 0 Å². The first-order chi connectivity index (χ1) is 9.25. The molecule has 4 heteroatoms. The largest absolute Gasteiger partial charge is 0.267 e. The molecular formula is C15H12ClN3. The number of hydrogen-bond donors (Lipinski definition) is 0. The first kappa shape index (κ1) is 11.9. The fourth-order valence-corrected chi connectivity index (χ4v) is 2.35. The normalized spacial score (nSPS) is 10.6. The third-order valence-electron chi connectivity index (χ3n) is 3.03. The van der Waals surface area contributed by atoms with Gasteiger partial charge in [-0.05, 0) is 29.8 Å². The highest BCUT2D eigenvalue weighted by Crippen LogP contribution is 2.32. The van der Waals surface area contributed by atoms with Crippen molar-refractivity contribution in [2.45, 2.75) is 0 Å². The number of hydrogen-bond acceptors (Lipinski definition) is 2. The SMILES string of the molecule is Cn1ncc(-c2ccncc2)c1-c1cccc(Cl)c1. The van der Waals surface area contributed by atoms with Crippen LogP contribution in [0.2, 0.25) is 5.02 Å². The molecule has 3 rings (SSSR count). The molecule has 0 saturated heterocycles. The number of rotatable bonds is 2. The summed E-state index contributed by atoms with van der Waals surface area (Å²) in [6.07, 6.45) is 5.43. The van der Waals surface area contributed by atoms with E-state index in [0.717, 1.165) is 27.4 Å². The Hall–Kier alpha value is -2.13. The van der Waals surface area contributed by atoms with Gasteiger partial charge in [-0.2, -0.15) is 5.10 Å². The smallest absolute Gasteiger partial charge is 0.0757 e. The van der Waals surface area contributed by atoms with Gasteiger partial charge in [0.2, 0.25) is 0 Å². The van der Waals surface area contributed by atoms with Crippen molar-refractivity contribution in [2.75, 3.05) is 0 Å². The molecule has 0 spiro atoms. The van der Waals surface area contributed by atoms with Gasteiger partial charge in [-0.15, -0.1) is 0 Å². The molecule has 0 unspecified atom stereocenters. The monoisotopic (exact) mass is 269 g/mol. The lowest BCUT2D eigenvalue weighted by molar-refractivity contribution is 0.776. The van der Waals surface area contributed by atoms with Crippen LogP contribution in [0.3, 0.4) is 0 Å². The minimum Gasteiger partial charge on any atom is -0.267 e. The highest BCUT2D eigenvalue weighted by atomic mass is 35.5. The van der Waals surface area contributed by atoms with Gasteiger partial charge >= 0.3 is 0 Å². The number of benzene rings is 1. The molecule has 0 aliphatic rings. The maximum absolute atomic E-state index is 6.07. The molecule has 0 atom stereocenters. The van der Waals surface area contributed by atoms with E-state index in [1.54, 1.807) is 12.4 Å². The summed E-state index contributed by atoms with van der Waals surface area (Å²) < 4.78 is 1.86. The highest BCUT2D eigenvalue weighted by Gasteiger charge is 2.12. The second-order valence-electron chi connectivity index (χ2n) is 4.28. The van der Waals surface area contributed by atoms with Gasteiger partial charge in [0.05, 0.1) is 11.9 Å². The predicted molar refractivity (Wildman–Crippen MR) is 76.9 cm³/mol. The lowest BCUT2D eigenvalue weighted by Crippen LogP contribution is -1.94. The van der Waals surface area contributed by atoms with Gasteiger partial charge in [0.15, 0.2) is 0 Å². The zero-order chi connectivity index (χ0) is 13.2. The van der Waals surface area contributed by atoms with Crippen LogP contribution in [-0.2, 0) is 7.05 Å². The molecular weight excluding hydrogens is 258 g/mol. The van der Waals surface area contributed by atoms with Crippen LogP contribution < -0.4 is 0 Å². The van der Waals surface area contributed by atoms with Gasteiger partial charge in [0.1, 0.15) is 0 Å². The zero-order valence-corrected chi connectivity index (χ0v) is 11.2. The molecule has 19 heavy (non-hydrogen) atoms. The van der Waals surface area contributed by atoms with Crippen LogP contribution in [0.25, 0.3) is 22.4 Å². The quantitative estimate of drug-likeness (QED) is 0.708. The van der Waals surface area contributed by atoms with Gasteiger partial charge in [-0.3, -0.25) is 9.67 Å². The van der Waals surface area contributed by atoms with Crippen molar-refractivity contribution in [1.82, 2.24) is 14.8 Å². The Kier molecular flexibility index (Phi) is 3.05. The van der Waals surface area contributed by atoms with Crippen molar-refractivity contribution in [3.8, 4) is 22.4 Å². The molecule has 0 N–H and O–H groups in total. The third kappa shape index (κ3) is 2.25. The van der Waals surface area contributed by atoms with E-state index in [9.17, 15) is 0 Å². The summed E-state index contributed by atoms with van der Waals surface area (Å²) >= 11 is 6.07. The average Bonchev–Trinajstić information content (AvgIpc) is 2.82. The summed E-state index contributed by atoms with van der Waals surface area (Å²) in [6.45, 7) is 0. The maximum Gasteiger partial charge on any atom is 0.0757 e. The van der Waals surface area contributed by atoms with E-state index in [2.05, 4.69) is 10.1 Å². The summed E-state index contributed by atoms with van der Waals surface area (Å²) in [5, 5.41) is 5.07. The first-order valence-electron chi connectivity index (χ1n) is 5.94. The Morgan fingerprint density at radius 2 is 1.84 bits per heavy atom. The minimum atomic E-state index is 0.722. The van der Waals surface area contributed by atoms with Crippen molar-refractivity contribution < 1.29 is 0 Å². The highest BCUT2D eigenvalue weighted by molar-refractivity contribution is 6.30. The molecule has 0 bridgehead atoms. The number of aromatic nitrogens is 3. The van der Waals surface area contributed by atoms with Crippen LogP contribution in [0.4, 0.5) is 0 Å². The van der Waals surface area contributed by atoms with E-state index in [1.807, 2.05) is 54.3 Å². The molecule has 0 amide bonds. The third-order valence-corrected chi connectivity index (χ3v) is 3.26. The number of pyridine rings is 1. The lowest BCUT2D eigenvalue weighted by Gasteiger charge is -2.07. The lowest BCUT2D eigenvalue weighted by atomic mass is 10.0. The van der Waals surface area contributed by atoms with E-state index in [1.165, 1.54) is 0 Å². The van der Waals surface area contributed by atoms with Crippen LogP contribution in [0.5, 0.6) is 0 Å². The number of halogens is 1. The molecule has 0 aliphatic carbocycles. The number of aryl methyl sites for hydroxylation is 1. The number of nitrogens with zero attached hydrogens (tertiary/aromatic N) is 3. The van der Waals surface area contributed by atoms with Crippen molar-refractivity contribution in [2.24, 2.45) is 7.05 Å². The first-order valence-corrected chi connectivity index (χ1v) is 6.32. The maximum atomic E-state index is 6.07. The molecule has 0 radical (unpaired) electrons. The summed E-state index contributed by atoms with van der Waals surface area (Å²) in [4.78, 5) is 4.05. The minimum absolute atomic E-state index is 0.722. The second-order valence-corrected chi connectivity index (χ2v) is 4.71. The second kappa shape index (κ2) is 4.86. The summed E-state index contributed by atoms with van der Waals surface area (Å²) in [5.74, 6) is 0. The Bertz CT molecular complexity index is 704. The van der Waals surface area contributed by atoms with Crippen LogP contribution in [0.1, 0.15) is 0 Å². The molecule has 0 fully saturated rings. The van der Waals surface area contributed by atoms with Gasteiger partial charge in [0, 0.05) is 35.6 Å². The Morgan fingerprint density at radius 1 is 1.05 bits per heavy atom. The van der Waals surface area contributed by atoms with Crippen LogP contribution >= 0.6 is 11.6 Å². The average molecular weight is 270 g/mol. The van der Waals surface area contributed by atoms with E-state index in [0.29, 0.717) is 0 Å². The van der Waals surface area contributed by atoms with E-state index < -0.39 is 0 Å². The Labute approximate surface area is 116 Å². The predicted octanol–water partition coefficient (Wildman–Crippen LogP) is 3.80. The molecule has 3 aromatic rings. The molecule has 2 heterocycles. The van der Waals surface area contributed by atoms with Crippen LogP contribution in [-0.4, -0.2) is 14.8 Å². The molecule has 0 saturated carbocycles. The molecule has 0 aliphatic heterocycles. The van der Waals surface area contributed by atoms with E-state index >= 15 is 0 Å². The zero-order valence-electron chi connectivity index (χ0n) is 10.4. The van der Waals surface area contributed by atoms with Gasteiger partial charge in [-0.1, -0.05) is 23.7 Å². The van der Waals surface area contributed by atoms with Crippen molar-refractivity contribution in [3.63, 3.8) is 0 Å². The molecule has 3 nitrogen and oxygen atoms in total. The van der Waals surface area contributed by atoms with Crippen molar-refractivity contribution in [1.29, 1.82) is 0 Å². The Morgan fingerprint density at radius 3 is 2.58 bits per heavy atom. The fourth-order valence-electron chi connectivity index (χ4n) is 2.16. The van der Waals surface area contributed by atoms with Gasteiger partial charge in [0.25, 0.3) is 0 Å². The molecule has 94 valence electrons. The van der Waals surface area contributed by atoms with E-state index in [4.69, 9.17) is 11.6 Å². The summed E-state index contributed by atoms with van der Waals surface area (Å²) in [7, 11) is 1.93. The molecule has 1 aromatic carbocycles. The summed E-state index contributed by atoms with van der Waals surface area (Å²) in [6, 6.07) is 11.8. The standard InChI is InChI=1S/C15H12ClN3/c1-19-15(12-3-2-4-13(16)9-12)14(10-18-19)11-5-7-17-8-6-11/h2-10H,1H3. The Balaban J connectivity index is 2.20. The van der Waals surface area contributed by atoms with Crippen molar-refractivity contribution >= 4 is 11.6 Å². The van der Waals surface area contributed by atoms with Crippen LogP contribution in [0.15, 0.2) is 55.0 Å². The van der Waals surface area contributed by atoms with Crippen molar-refractivity contribution in [3.05, 3.63) is 60.0 Å². The topological polar surface area (TPSA) is 30.7 Å². The fraction of sp³-hybridized carbons (Fsp3) is 0.0667. The van der Waals surface area contributed by atoms with E-state index in [-0.39, 0.29) is 0 Å². The molecule has 2 aromatic heterocycles. The summed E-state index contributed by atoms with van der Waals surface area (Å²) in [5.41, 5.74) is 4.28.